The number of benzene rings is 2. The van der Waals surface area contributed by atoms with Gasteiger partial charge in [0.25, 0.3) is 11.7 Å². The van der Waals surface area contributed by atoms with Crippen LogP contribution in [-0.4, -0.2) is 60.4 Å². The number of ketones is 1. The molecule has 0 bridgehead atoms. The minimum atomic E-state index is -0.662. The zero-order valence-corrected chi connectivity index (χ0v) is 18.5. The molecule has 0 aromatic heterocycles. The molecule has 31 heavy (non-hydrogen) atoms. The van der Waals surface area contributed by atoms with Crippen molar-refractivity contribution in [3.63, 3.8) is 0 Å². The summed E-state index contributed by atoms with van der Waals surface area (Å²) in [4.78, 5) is 29.3. The Bertz CT molecular complexity index is 949. The lowest BCUT2D eigenvalue weighted by molar-refractivity contribution is -0.140. The summed E-state index contributed by atoms with van der Waals surface area (Å²) in [6.07, 6.45) is 0. The number of aliphatic hydroxyl groups excluding tert-OH is 1. The number of amides is 1. The Morgan fingerprint density at radius 2 is 1.71 bits per heavy atom. The highest BCUT2D eigenvalue weighted by molar-refractivity contribution is 6.46. The molecule has 1 amide bonds. The van der Waals surface area contributed by atoms with Crippen molar-refractivity contribution in [1.82, 2.24) is 9.80 Å². The van der Waals surface area contributed by atoms with E-state index in [2.05, 4.69) is 13.8 Å². The van der Waals surface area contributed by atoms with E-state index in [0.29, 0.717) is 36.9 Å². The number of nitrogens with zero attached hydrogens (tertiary/aromatic N) is 2. The van der Waals surface area contributed by atoms with Crippen LogP contribution in [0.3, 0.4) is 0 Å². The molecule has 1 aliphatic heterocycles. The van der Waals surface area contributed by atoms with E-state index in [1.54, 1.807) is 29.2 Å². The van der Waals surface area contributed by atoms with Gasteiger partial charge in [-0.2, -0.15) is 0 Å². The summed E-state index contributed by atoms with van der Waals surface area (Å²) in [7, 11) is 3.83. The first kappa shape index (κ1) is 22.6. The Morgan fingerprint density at radius 3 is 2.29 bits per heavy atom. The Labute approximate surface area is 183 Å². The van der Waals surface area contributed by atoms with Crippen LogP contribution in [0.5, 0.6) is 5.75 Å². The lowest BCUT2D eigenvalue weighted by atomic mass is 9.95. The van der Waals surface area contributed by atoms with Gasteiger partial charge in [-0.3, -0.25) is 9.59 Å². The molecule has 1 atom stereocenters. The highest BCUT2D eigenvalue weighted by Crippen LogP contribution is 2.39. The number of rotatable bonds is 8. The van der Waals surface area contributed by atoms with Crippen LogP contribution < -0.4 is 4.74 Å². The molecule has 164 valence electrons. The monoisotopic (exact) mass is 422 g/mol. The number of likely N-dealkylation sites (N-methyl/N-ethyl adjacent to an activating group) is 1. The summed E-state index contributed by atoms with van der Waals surface area (Å²) in [5.74, 6) is -0.331. The number of Topliss-reactive ketones (excluding diaryl/α,β-unsaturated/α-hetero) is 1. The fraction of sp³-hybridized carbons (Fsp3) is 0.360. The molecule has 1 unspecified atom stereocenters. The third-order valence-corrected chi connectivity index (χ3v) is 5.15. The topological polar surface area (TPSA) is 70.1 Å². The number of likely N-dealkylation sites (tertiary alicyclic amines) is 1. The van der Waals surface area contributed by atoms with E-state index in [-0.39, 0.29) is 11.3 Å². The van der Waals surface area contributed by atoms with Crippen LogP contribution in [0.25, 0.3) is 5.76 Å². The number of hydrogen-bond donors (Lipinski definition) is 1. The molecule has 1 saturated heterocycles. The summed E-state index contributed by atoms with van der Waals surface area (Å²) < 4.78 is 5.70. The van der Waals surface area contributed by atoms with Crippen molar-refractivity contribution >= 4 is 17.4 Å². The van der Waals surface area contributed by atoms with Crippen LogP contribution in [0.15, 0.2) is 60.2 Å². The molecule has 2 aromatic carbocycles. The minimum Gasteiger partial charge on any atom is -0.507 e. The zero-order valence-electron chi connectivity index (χ0n) is 18.5. The van der Waals surface area contributed by atoms with E-state index < -0.39 is 17.7 Å². The number of carbonyl (C=O) groups is 2. The van der Waals surface area contributed by atoms with Crippen molar-refractivity contribution in [2.24, 2.45) is 5.92 Å². The first-order chi connectivity index (χ1) is 14.8. The van der Waals surface area contributed by atoms with Gasteiger partial charge in [0, 0.05) is 18.7 Å². The molecule has 6 nitrogen and oxygen atoms in total. The maximum Gasteiger partial charge on any atom is 0.295 e. The van der Waals surface area contributed by atoms with Gasteiger partial charge < -0.3 is 19.6 Å². The van der Waals surface area contributed by atoms with E-state index in [9.17, 15) is 14.7 Å². The minimum absolute atomic E-state index is 0.116. The lowest BCUT2D eigenvalue weighted by Crippen LogP contribution is -2.35. The average molecular weight is 423 g/mol. The van der Waals surface area contributed by atoms with Crippen LogP contribution in [0, 0.1) is 5.92 Å². The maximum absolute atomic E-state index is 13.0. The molecular weight excluding hydrogens is 392 g/mol. The largest absolute Gasteiger partial charge is 0.507 e. The molecule has 0 aliphatic carbocycles. The highest BCUT2D eigenvalue weighted by Gasteiger charge is 2.45. The van der Waals surface area contributed by atoms with E-state index in [4.69, 9.17) is 4.74 Å². The van der Waals surface area contributed by atoms with Gasteiger partial charge in [0.05, 0.1) is 18.2 Å². The summed E-state index contributed by atoms with van der Waals surface area (Å²) in [5, 5.41) is 11.1. The van der Waals surface area contributed by atoms with Gasteiger partial charge in [0.15, 0.2) is 0 Å². The van der Waals surface area contributed by atoms with Crippen molar-refractivity contribution in [2.45, 2.75) is 19.9 Å². The smallest absolute Gasteiger partial charge is 0.295 e. The Balaban J connectivity index is 2.00. The van der Waals surface area contributed by atoms with Crippen LogP contribution in [0.1, 0.15) is 31.0 Å². The number of aliphatic hydroxyl groups is 1. The van der Waals surface area contributed by atoms with Gasteiger partial charge >= 0.3 is 0 Å². The number of carbonyl (C=O) groups excluding carboxylic acids is 2. The van der Waals surface area contributed by atoms with Gasteiger partial charge in [-0.05, 0) is 49.8 Å². The third kappa shape index (κ3) is 5.14. The molecular formula is C25H30N2O4. The summed E-state index contributed by atoms with van der Waals surface area (Å²) in [6.45, 7) is 5.72. The van der Waals surface area contributed by atoms with Gasteiger partial charge in [0.1, 0.15) is 11.5 Å². The summed E-state index contributed by atoms with van der Waals surface area (Å²) >= 11 is 0. The van der Waals surface area contributed by atoms with Crippen molar-refractivity contribution in [2.75, 3.05) is 33.8 Å². The predicted molar refractivity (Wildman–Crippen MR) is 121 cm³/mol. The summed E-state index contributed by atoms with van der Waals surface area (Å²) in [5.41, 5.74) is 1.38. The van der Waals surface area contributed by atoms with Crippen LogP contribution in [0.4, 0.5) is 0 Å². The molecule has 1 heterocycles. The zero-order chi connectivity index (χ0) is 22.5. The van der Waals surface area contributed by atoms with Gasteiger partial charge in [-0.25, -0.2) is 0 Å². The number of ether oxygens (including phenoxy) is 1. The Kier molecular flexibility index (Phi) is 7.13. The van der Waals surface area contributed by atoms with Crippen molar-refractivity contribution < 1.29 is 19.4 Å². The van der Waals surface area contributed by atoms with Gasteiger partial charge in [-0.1, -0.05) is 44.2 Å². The molecule has 1 fully saturated rings. The molecule has 1 N–H and O–H groups in total. The fourth-order valence-corrected chi connectivity index (χ4v) is 3.53. The van der Waals surface area contributed by atoms with Crippen molar-refractivity contribution in [3.05, 3.63) is 71.3 Å². The standard InChI is InChI=1S/C25H30N2O4/c1-17(2)16-31-20-12-10-19(11-13-20)23(28)21-22(18-8-6-5-7-9-18)27(15-14-26(3)4)25(30)24(21)29/h5-13,17,22,28H,14-16H2,1-4H3/b23-21+. The summed E-state index contributed by atoms with van der Waals surface area (Å²) in [6, 6.07) is 15.7. The molecule has 2 aromatic rings. The molecule has 6 heteroatoms. The Morgan fingerprint density at radius 1 is 1.06 bits per heavy atom. The van der Waals surface area contributed by atoms with E-state index >= 15 is 0 Å². The lowest BCUT2D eigenvalue weighted by Gasteiger charge is -2.26. The Hall–Kier alpha value is -3.12. The van der Waals surface area contributed by atoms with Crippen LogP contribution in [-0.2, 0) is 9.59 Å². The average Bonchev–Trinajstić information content (AvgIpc) is 3.01. The second-order valence-corrected chi connectivity index (χ2v) is 8.44. The highest BCUT2D eigenvalue weighted by atomic mass is 16.5. The second kappa shape index (κ2) is 9.79. The fourth-order valence-electron chi connectivity index (χ4n) is 3.53. The maximum atomic E-state index is 13.0. The van der Waals surface area contributed by atoms with Crippen LogP contribution in [0.2, 0.25) is 0 Å². The molecule has 0 saturated carbocycles. The quantitative estimate of drug-likeness (QED) is 0.399. The first-order valence-electron chi connectivity index (χ1n) is 10.5. The molecule has 0 spiro atoms. The second-order valence-electron chi connectivity index (χ2n) is 8.44. The van der Waals surface area contributed by atoms with Gasteiger partial charge in [0.2, 0.25) is 0 Å². The molecule has 3 rings (SSSR count). The van der Waals surface area contributed by atoms with E-state index in [1.807, 2.05) is 49.3 Å². The number of hydrogen-bond acceptors (Lipinski definition) is 5. The molecule has 0 radical (unpaired) electrons. The van der Waals surface area contributed by atoms with Crippen molar-refractivity contribution in [3.8, 4) is 5.75 Å². The van der Waals surface area contributed by atoms with Crippen LogP contribution >= 0.6 is 0 Å². The SMILES string of the molecule is CC(C)COc1ccc(/C(O)=C2\C(=O)C(=O)N(CCN(C)C)C2c2ccccc2)cc1. The first-order valence-corrected chi connectivity index (χ1v) is 10.5. The van der Waals surface area contributed by atoms with Crippen molar-refractivity contribution in [1.29, 1.82) is 0 Å². The normalized spacial score (nSPS) is 18.3. The third-order valence-electron chi connectivity index (χ3n) is 5.15. The van der Waals surface area contributed by atoms with E-state index in [1.165, 1.54) is 0 Å². The van der Waals surface area contributed by atoms with E-state index in [0.717, 1.165) is 5.56 Å². The van der Waals surface area contributed by atoms with Gasteiger partial charge in [-0.15, -0.1) is 0 Å². The molecule has 1 aliphatic rings. The predicted octanol–water partition coefficient (Wildman–Crippen LogP) is 3.70.